The van der Waals surface area contributed by atoms with Crippen LogP contribution in [-0.4, -0.2) is 38.4 Å². The molecule has 0 saturated heterocycles. The first-order valence-corrected chi connectivity index (χ1v) is 6.01. The maximum absolute atomic E-state index is 12.0. The van der Waals surface area contributed by atoms with Gasteiger partial charge in [0.2, 0.25) is 0 Å². The van der Waals surface area contributed by atoms with E-state index < -0.39 is 6.36 Å². The molecule has 1 rings (SSSR count). The molecule has 0 aliphatic carbocycles. The molecule has 0 unspecified atom stereocenters. The number of rotatable bonds is 5. The predicted molar refractivity (Wildman–Crippen MR) is 67.9 cm³/mol. The normalized spacial score (nSPS) is 11.7. The van der Waals surface area contributed by atoms with Crippen LogP contribution in [0.1, 0.15) is 0 Å². The fraction of sp³-hybridized carbons (Fsp3) is 0.455. The third-order valence-electron chi connectivity index (χ3n) is 2.05. The molecule has 0 heterocycles. The Balaban J connectivity index is 2.62. The van der Waals surface area contributed by atoms with Crippen LogP contribution in [0.4, 0.5) is 18.9 Å². The first-order chi connectivity index (χ1) is 8.28. The zero-order valence-corrected chi connectivity index (χ0v) is 11.6. The minimum Gasteiger partial charge on any atom is -0.405 e. The summed E-state index contributed by atoms with van der Waals surface area (Å²) in [6.07, 6.45) is -4.68. The molecule has 0 radical (unpaired) electrons. The number of halogens is 4. The SMILES string of the molecule is CN(C)CCNc1ccc(OC(F)(F)F)c(Br)c1. The number of anilines is 1. The van der Waals surface area contributed by atoms with Crippen molar-refractivity contribution in [3.05, 3.63) is 22.7 Å². The molecular weight excluding hydrogens is 313 g/mol. The molecule has 0 fully saturated rings. The van der Waals surface area contributed by atoms with Gasteiger partial charge < -0.3 is 15.0 Å². The number of hydrogen-bond acceptors (Lipinski definition) is 3. The van der Waals surface area contributed by atoms with Gasteiger partial charge in [0.05, 0.1) is 4.47 Å². The van der Waals surface area contributed by atoms with E-state index in [2.05, 4.69) is 26.0 Å². The van der Waals surface area contributed by atoms with Crippen LogP contribution < -0.4 is 10.1 Å². The lowest BCUT2D eigenvalue weighted by atomic mass is 10.3. The Labute approximate surface area is 112 Å². The van der Waals surface area contributed by atoms with E-state index in [0.29, 0.717) is 6.54 Å². The zero-order valence-electron chi connectivity index (χ0n) is 10.0. The highest BCUT2D eigenvalue weighted by molar-refractivity contribution is 9.10. The van der Waals surface area contributed by atoms with Crippen molar-refractivity contribution in [1.82, 2.24) is 4.90 Å². The van der Waals surface area contributed by atoms with Crippen LogP contribution in [-0.2, 0) is 0 Å². The highest BCUT2D eigenvalue weighted by atomic mass is 79.9. The number of alkyl halides is 3. The van der Waals surface area contributed by atoms with Crippen molar-refractivity contribution in [2.75, 3.05) is 32.5 Å². The summed E-state index contributed by atoms with van der Waals surface area (Å²) in [5.74, 6) is -0.249. The van der Waals surface area contributed by atoms with E-state index in [1.807, 2.05) is 19.0 Å². The molecular formula is C11H14BrF3N2O. The van der Waals surface area contributed by atoms with Gasteiger partial charge in [-0.25, -0.2) is 0 Å². The maximum atomic E-state index is 12.0. The van der Waals surface area contributed by atoms with Crippen molar-refractivity contribution < 1.29 is 17.9 Å². The third-order valence-corrected chi connectivity index (χ3v) is 2.67. The number of hydrogen-bond donors (Lipinski definition) is 1. The second-order valence-corrected chi connectivity index (χ2v) is 4.78. The summed E-state index contributed by atoms with van der Waals surface area (Å²) in [7, 11) is 3.88. The summed E-state index contributed by atoms with van der Waals surface area (Å²) in [4.78, 5) is 2.00. The Hall–Kier alpha value is -0.950. The average molecular weight is 327 g/mol. The number of nitrogens with one attached hydrogen (secondary N) is 1. The van der Waals surface area contributed by atoms with Crippen molar-refractivity contribution in [3.63, 3.8) is 0 Å². The van der Waals surface area contributed by atoms with E-state index in [1.54, 1.807) is 12.1 Å². The first kappa shape index (κ1) is 15.1. The Morgan fingerprint density at radius 1 is 1.33 bits per heavy atom. The topological polar surface area (TPSA) is 24.5 Å². The molecule has 1 aromatic rings. The van der Waals surface area contributed by atoms with Crippen LogP contribution in [0.3, 0.4) is 0 Å². The maximum Gasteiger partial charge on any atom is 0.573 e. The summed E-state index contributed by atoms with van der Waals surface area (Å²) < 4.78 is 40.3. The molecule has 0 aromatic heterocycles. The van der Waals surface area contributed by atoms with E-state index in [-0.39, 0.29) is 10.2 Å². The molecule has 3 nitrogen and oxygen atoms in total. The van der Waals surface area contributed by atoms with Gasteiger partial charge in [-0.1, -0.05) is 0 Å². The molecule has 1 aromatic carbocycles. The quantitative estimate of drug-likeness (QED) is 0.898. The van der Waals surface area contributed by atoms with Crippen LogP contribution in [0, 0.1) is 0 Å². The lowest BCUT2D eigenvalue weighted by Gasteiger charge is -2.14. The second kappa shape index (κ2) is 6.29. The van der Waals surface area contributed by atoms with Crippen LogP contribution in [0.25, 0.3) is 0 Å². The first-order valence-electron chi connectivity index (χ1n) is 5.22. The standard InChI is InChI=1S/C11H14BrF3N2O/c1-17(2)6-5-16-8-3-4-10(9(12)7-8)18-11(13,14)15/h3-4,7,16H,5-6H2,1-2H3. The highest BCUT2D eigenvalue weighted by Crippen LogP contribution is 2.32. The van der Waals surface area contributed by atoms with E-state index in [0.717, 1.165) is 12.2 Å². The van der Waals surface area contributed by atoms with Crippen molar-refractivity contribution in [1.29, 1.82) is 0 Å². The smallest absolute Gasteiger partial charge is 0.405 e. The number of ether oxygens (including phenoxy) is 1. The average Bonchev–Trinajstić information content (AvgIpc) is 2.19. The largest absolute Gasteiger partial charge is 0.573 e. The van der Waals surface area contributed by atoms with Crippen molar-refractivity contribution >= 4 is 21.6 Å². The van der Waals surface area contributed by atoms with Gasteiger partial charge in [0, 0.05) is 18.8 Å². The summed E-state index contributed by atoms with van der Waals surface area (Å²) in [6.45, 7) is 1.54. The minimum absolute atomic E-state index is 0.249. The Morgan fingerprint density at radius 2 is 2.00 bits per heavy atom. The molecule has 0 aliphatic rings. The fourth-order valence-corrected chi connectivity index (χ4v) is 1.70. The van der Waals surface area contributed by atoms with Gasteiger partial charge in [-0.05, 0) is 48.2 Å². The lowest BCUT2D eigenvalue weighted by Crippen LogP contribution is -2.20. The van der Waals surface area contributed by atoms with E-state index >= 15 is 0 Å². The predicted octanol–water partition coefficient (Wildman–Crippen LogP) is 3.32. The minimum atomic E-state index is -4.68. The van der Waals surface area contributed by atoms with Gasteiger partial charge in [0.25, 0.3) is 0 Å². The van der Waals surface area contributed by atoms with Gasteiger partial charge in [0.1, 0.15) is 5.75 Å². The molecule has 0 saturated carbocycles. The van der Waals surface area contributed by atoms with Crippen LogP contribution >= 0.6 is 15.9 Å². The van der Waals surface area contributed by atoms with Gasteiger partial charge in [-0.15, -0.1) is 13.2 Å². The Kier molecular flexibility index (Phi) is 5.28. The Morgan fingerprint density at radius 3 is 2.50 bits per heavy atom. The third kappa shape index (κ3) is 5.59. The zero-order chi connectivity index (χ0) is 13.8. The van der Waals surface area contributed by atoms with Crippen LogP contribution in [0.2, 0.25) is 0 Å². The molecule has 102 valence electrons. The number of benzene rings is 1. The summed E-state index contributed by atoms with van der Waals surface area (Å²) in [5, 5.41) is 3.10. The summed E-state index contributed by atoms with van der Waals surface area (Å²) in [5.41, 5.74) is 0.734. The fourth-order valence-electron chi connectivity index (χ4n) is 1.24. The van der Waals surface area contributed by atoms with Gasteiger partial charge >= 0.3 is 6.36 Å². The molecule has 0 amide bonds. The van der Waals surface area contributed by atoms with E-state index in [4.69, 9.17) is 0 Å². The molecule has 0 bridgehead atoms. The van der Waals surface area contributed by atoms with Crippen LogP contribution in [0.15, 0.2) is 22.7 Å². The molecule has 0 spiro atoms. The monoisotopic (exact) mass is 326 g/mol. The van der Waals surface area contributed by atoms with Crippen molar-refractivity contribution in [2.45, 2.75) is 6.36 Å². The van der Waals surface area contributed by atoms with E-state index in [1.165, 1.54) is 6.07 Å². The Bertz CT molecular complexity index is 396. The van der Waals surface area contributed by atoms with Gasteiger partial charge in [-0.3, -0.25) is 0 Å². The molecule has 0 aliphatic heterocycles. The molecule has 0 atom stereocenters. The van der Waals surface area contributed by atoms with Gasteiger partial charge in [-0.2, -0.15) is 0 Å². The number of likely N-dealkylation sites (N-methyl/N-ethyl adjacent to an activating group) is 1. The highest BCUT2D eigenvalue weighted by Gasteiger charge is 2.31. The van der Waals surface area contributed by atoms with E-state index in [9.17, 15) is 13.2 Å². The lowest BCUT2D eigenvalue weighted by molar-refractivity contribution is -0.274. The second-order valence-electron chi connectivity index (χ2n) is 3.92. The molecule has 1 N–H and O–H groups in total. The molecule has 18 heavy (non-hydrogen) atoms. The van der Waals surface area contributed by atoms with Crippen molar-refractivity contribution in [2.24, 2.45) is 0 Å². The number of nitrogens with zero attached hydrogens (tertiary/aromatic N) is 1. The summed E-state index contributed by atoms with van der Waals surface area (Å²) >= 11 is 3.05. The van der Waals surface area contributed by atoms with Gasteiger partial charge in [0.15, 0.2) is 0 Å². The summed E-state index contributed by atoms with van der Waals surface area (Å²) in [6, 6.07) is 4.37. The van der Waals surface area contributed by atoms with Crippen molar-refractivity contribution in [3.8, 4) is 5.75 Å². The van der Waals surface area contributed by atoms with Crippen LogP contribution in [0.5, 0.6) is 5.75 Å². The molecule has 7 heteroatoms.